The quantitative estimate of drug-likeness (QED) is 0.608. The Labute approximate surface area is 91.5 Å². The van der Waals surface area contributed by atoms with Gasteiger partial charge in [-0.2, -0.15) is 0 Å². The number of ether oxygens (including phenoxy) is 1. The molecule has 0 saturated heterocycles. The van der Waals surface area contributed by atoms with Crippen molar-refractivity contribution in [2.24, 2.45) is 0 Å². The predicted octanol–water partition coefficient (Wildman–Crippen LogP) is 1.13. The molecule has 0 unspecified atom stereocenters. The fourth-order valence-electron chi connectivity index (χ4n) is 1.05. The monoisotopic (exact) mass is 228 g/mol. The highest BCUT2D eigenvalue weighted by molar-refractivity contribution is 7.15. The van der Waals surface area contributed by atoms with Crippen molar-refractivity contribution in [1.29, 1.82) is 0 Å². The van der Waals surface area contributed by atoms with Crippen LogP contribution in [-0.2, 0) is 20.7 Å². The first-order valence-corrected chi connectivity index (χ1v) is 5.25. The highest BCUT2D eigenvalue weighted by Gasteiger charge is 2.16. The summed E-state index contributed by atoms with van der Waals surface area (Å²) >= 11 is 1.34. The van der Waals surface area contributed by atoms with E-state index in [4.69, 9.17) is 0 Å². The van der Waals surface area contributed by atoms with Crippen molar-refractivity contribution < 1.29 is 14.3 Å². The number of esters is 1. The summed E-state index contributed by atoms with van der Waals surface area (Å²) in [6, 6.07) is 0. The maximum absolute atomic E-state index is 11.1. The summed E-state index contributed by atoms with van der Waals surface area (Å²) in [6.45, 7) is 3.90. The van der Waals surface area contributed by atoms with E-state index in [2.05, 4.69) is 15.0 Å². The van der Waals surface area contributed by atoms with Crippen molar-refractivity contribution in [2.75, 3.05) is 12.4 Å². The lowest BCUT2D eigenvalue weighted by Crippen LogP contribution is -2.23. The van der Waals surface area contributed by atoms with Gasteiger partial charge in [-0.05, 0) is 13.3 Å². The van der Waals surface area contributed by atoms with Gasteiger partial charge in [0.2, 0.25) is 0 Å². The molecule has 1 rings (SSSR count). The van der Waals surface area contributed by atoms with E-state index in [0.717, 1.165) is 24.1 Å². The largest absolute Gasteiger partial charge is 0.462 e. The third-order valence-electron chi connectivity index (χ3n) is 1.82. The van der Waals surface area contributed by atoms with E-state index in [1.165, 1.54) is 11.3 Å². The Balaban J connectivity index is 2.73. The summed E-state index contributed by atoms with van der Waals surface area (Å²) in [5.41, 5.74) is 0.931. The molecule has 1 heterocycles. The van der Waals surface area contributed by atoms with Crippen LogP contribution in [0.3, 0.4) is 0 Å². The summed E-state index contributed by atoms with van der Waals surface area (Å²) in [7, 11) is 1.16. The summed E-state index contributed by atoms with van der Waals surface area (Å²) in [5.74, 6) is -1.71. The summed E-state index contributed by atoms with van der Waals surface area (Å²) < 4.78 is 4.27. The molecule has 5 nitrogen and oxygen atoms in total. The average Bonchev–Trinajstić information content (AvgIpc) is 2.57. The Morgan fingerprint density at radius 1 is 1.53 bits per heavy atom. The number of aromatic nitrogens is 1. The van der Waals surface area contributed by atoms with Crippen LogP contribution in [0.2, 0.25) is 0 Å². The van der Waals surface area contributed by atoms with Crippen LogP contribution in [0.5, 0.6) is 0 Å². The molecule has 0 saturated carbocycles. The van der Waals surface area contributed by atoms with Crippen molar-refractivity contribution in [3.05, 3.63) is 10.6 Å². The summed E-state index contributed by atoms with van der Waals surface area (Å²) in [4.78, 5) is 27.2. The lowest BCUT2D eigenvalue weighted by Gasteiger charge is -1.97. The molecule has 0 aliphatic rings. The number of nitrogens with one attached hydrogen (secondary N) is 1. The number of methoxy groups -OCH3 is 1. The second kappa shape index (κ2) is 4.88. The third kappa shape index (κ3) is 2.76. The zero-order valence-electron chi connectivity index (χ0n) is 8.79. The molecule has 0 aliphatic heterocycles. The van der Waals surface area contributed by atoms with Gasteiger partial charge >= 0.3 is 11.9 Å². The Morgan fingerprint density at radius 3 is 2.67 bits per heavy atom. The minimum Gasteiger partial charge on any atom is -0.462 e. The molecule has 0 atom stereocenters. The van der Waals surface area contributed by atoms with Crippen LogP contribution in [0, 0.1) is 6.92 Å². The fourth-order valence-corrected chi connectivity index (χ4v) is 1.95. The van der Waals surface area contributed by atoms with Crippen LogP contribution in [-0.4, -0.2) is 24.0 Å². The van der Waals surface area contributed by atoms with Gasteiger partial charge in [0.05, 0.1) is 12.8 Å². The van der Waals surface area contributed by atoms with E-state index < -0.39 is 11.9 Å². The molecule has 1 aromatic heterocycles. The van der Waals surface area contributed by atoms with E-state index in [9.17, 15) is 9.59 Å². The highest BCUT2D eigenvalue weighted by atomic mass is 32.1. The number of amides is 1. The fraction of sp³-hybridized carbons (Fsp3) is 0.444. The lowest BCUT2D eigenvalue weighted by molar-refractivity contribution is -0.150. The molecule has 6 heteroatoms. The molecule has 0 fully saturated rings. The minimum absolute atomic E-state index is 0.430. The molecule has 0 radical (unpaired) electrons. The van der Waals surface area contributed by atoms with Gasteiger partial charge in [-0.15, -0.1) is 11.3 Å². The minimum atomic E-state index is -0.916. The van der Waals surface area contributed by atoms with Gasteiger partial charge in [0, 0.05) is 4.88 Å². The lowest BCUT2D eigenvalue weighted by atomic mass is 10.3. The Hall–Kier alpha value is -1.43. The van der Waals surface area contributed by atoms with Gasteiger partial charge < -0.3 is 4.74 Å². The van der Waals surface area contributed by atoms with Crippen molar-refractivity contribution in [2.45, 2.75) is 20.3 Å². The molecule has 1 aromatic rings. The Bertz CT molecular complexity index is 387. The van der Waals surface area contributed by atoms with Crippen LogP contribution in [0.25, 0.3) is 0 Å². The average molecular weight is 228 g/mol. The van der Waals surface area contributed by atoms with Crippen LogP contribution in [0.1, 0.15) is 17.5 Å². The van der Waals surface area contributed by atoms with Gasteiger partial charge in [0.1, 0.15) is 0 Å². The molecule has 0 aliphatic carbocycles. The van der Waals surface area contributed by atoms with Crippen LogP contribution in [0.4, 0.5) is 5.13 Å². The van der Waals surface area contributed by atoms with Gasteiger partial charge in [-0.1, -0.05) is 6.92 Å². The van der Waals surface area contributed by atoms with Crippen LogP contribution >= 0.6 is 11.3 Å². The first-order chi connectivity index (χ1) is 7.08. The smallest absolute Gasteiger partial charge is 0.396 e. The van der Waals surface area contributed by atoms with E-state index >= 15 is 0 Å². The van der Waals surface area contributed by atoms with Crippen LogP contribution < -0.4 is 5.32 Å². The maximum atomic E-state index is 11.1. The number of anilines is 1. The van der Waals surface area contributed by atoms with Crippen molar-refractivity contribution in [3.63, 3.8) is 0 Å². The van der Waals surface area contributed by atoms with Crippen molar-refractivity contribution >= 4 is 28.3 Å². The van der Waals surface area contributed by atoms with E-state index in [1.807, 2.05) is 13.8 Å². The number of aryl methyl sites for hydroxylation is 2. The van der Waals surface area contributed by atoms with E-state index in [0.29, 0.717) is 5.13 Å². The zero-order valence-corrected chi connectivity index (χ0v) is 9.60. The molecule has 1 N–H and O–H groups in total. The zero-order chi connectivity index (χ0) is 11.4. The van der Waals surface area contributed by atoms with Crippen molar-refractivity contribution in [3.8, 4) is 0 Å². The molecule has 0 bridgehead atoms. The number of carbonyl (C=O) groups is 2. The normalized spacial score (nSPS) is 9.80. The highest BCUT2D eigenvalue weighted by Crippen LogP contribution is 2.22. The van der Waals surface area contributed by atoms with Gasteiger partial charge in [0.25, 0.3) is 0 Å². The Morgan fingerprint density at radius 2 is 2.20 bits per heavy atom. The topological polar surface area (TPSA) is 68.3 Å². The first kappa shape index (κ1) is 11.6. The first-order valence-electron chi connectivity index (χ1n) is 4.44. The molecule has 0 aromatic carbocycles. The molecular formula is C9H12N2O3S. The molecule has 15 heavy (non-hydrogen) atoms. The summed E-state index contributed by atoms with van der Waals surface area (Å²) in [6.07, 6.45) is 0.802. The van der Waals surface area contributed by atoms with Crippen molar-refractivity contribution in [1.82, 2.24) is 4.98 Å². The second-order valence-corrected chi connectivity index (χ2v) is 4.02. The standard InChI is InChI=1S/C9H12N2O3S/c1-4-6-5(2)15-9(10-6)11-7(12)8(13)14-3/h4H2,1-3H3,(H,10,11,12). The maximum Gasteiger partial charge on any atom is 0.396 e. The predicted molar refractivity (Wildman–Crippen MR) is 56.9 cm³/mol. The molecule has 1 amide bonds. The second-order valence-electron chi connectivity index (χ2n) is 2.82. The van der Waals surface area contributed by atoms with Gasteiger partial charge in [-0.25, -0.2) is 9.78 Å². The van der Waals surface area contributed by atoms with E-state index in [1.54, 1.807) is 0 Å². The van der Waals surface area contributed by atoms with Crippen LogP contribution in [0.15, 0.2) is 0 Å². The van der Waals surface area contributed by atoms with Gasteiger partial charge in [-0.3, -0.25) is 10.1 Å². The number of thiazole rings is 1. The third-order valence-corrected chi connectivity index (χ3v) is 2.75. The van der Waals surface area contributed by atoms with Gasteiger partial charge in [0.15, 0.2) is 5.13 Å². The number of nitrogens with zero attached hydrogens (tertiary/aromatic N) is 1. The number of carbonyl (C=O) groups excluding carboxylic acids is 2. The summed E-state index contributed by atoms with van der Waals surface area (Å²) in [5, 5.41) is 2.81. The Kier molecular flexibility index (Phi) is 3.79. The molecule has 0 spiro atoms. The molecular weight excluding hydrogens is 216 g/mol. The number of hydrogen-bond donors (Lipinski definition) is 1. The SMILES string of the molecule is CCc1nc(NC(=O)C(=O)OC)sc1C. The number of hydrogen-bond acceptors (Lipinski definition) is 5. The number of rotatable bonds is 2. The molecule has 82 valence electrons. The van der Waals surface area contributed by atoms with E-state index in [-0.39, 0.29) is 0 Å².